The zero-order chi connectivity index (χ0) is 12.0. The van der Waals surface area contributed by atoms with Crippen LogP contribution in [0.1, 0.15) is 25.3 Å². The number of halogens is 1. The minimum absolute atomic E-state index is 0.624. The van der Waals surface area contributed by atoms with Crippen LogP contribution in [0.25, 0.3) is 0 Å². The van der Waals surface area contributed by atoms with Gasteiger partial charge < -0.3 is 10.6 Å². The largest absolute Gasteiger partial charge is 0.362 e. The molecule has 0 saturated heterocycles. The molecule has 0 radical (unpaired) electrons. The van der Waals surface area contributed by atoms with Gasteiger partial charge in [-0.1, -0.05) is 31.0 Å². The van der Waals surface area contributed by atoms with Gasteiger partial charge in [-0.3, -0.25) is 0 Å². The third-order valence-corrected chi connectivity index (χ3v) is 2.75. The van der Waals surface area contributed by atoms with Crippen LogP contribution < -0.4 is 10.6 Å². The van der Waals surface area contributed by atoms with Crippen LogP contribution in [0.3, 0.4) is 0 Å². The number of aryl methyl sites for hydroxylation is 1. The molecule has 1 rings (SSSR count). The maximum atomic E-state index is 6.09. The van der Waals surface area contributed by atoms with Gasteiger partial charge in [0.25, 0.3) is 0 Å². The van der Waals surface area contributed by atoms with Crippen LogP contribution in [0.5, 0.6) is 0 Å². The molecule has 0 bridgehead atoms. The topological polar surface area (TPSA) is 24.1 Å². The van der Waals surface area contributed by atoms with E-state index in [1.807, 2.05) is 25.1 Å². The van der Waals surface area contributed by atoms with Crippen molar-refractivity contribution >= 4 is 34.6 Å². The summed E-state index contributed by atoms with van der Waals surface area (Å²) in [6.07, 6.45) is 2.27. The second-order valence-electron chi connectivity index (χ2n) is 3.72. The van der Waals surface area contributed by atoms with E-state index in [2.05, 4.69) is 17.6 Å². The SMILES string of the molecule is CCCCNC(=S)Nc1ccc(C)cc1Cl. The van der Waals surface area contributed by atoms with Crippen molar-refractivity contribution in [1.29, 1.82) is 0 Å². The number of benzene rings is 1. The van der Waals surface area contributed by atoms with E-state index in [1.165, 1.54) is 0 Å². The third-order valence-electron chi connectivity index (χ3n) is 2.19. The number of hydrogen-bond acceptors (Lipinski definition) is 1. The Morgan fingerprint density at radius 3 is 2.81 bits per heavy atom. The van der Waals surface area contributed by atoms with Crippen molar-refractivity contribution < 1.29 is 0 Å². The Balaban J connectivity index is 2.49. The third kappa shape index (κ3) is 4.37. The first-order valence-corrected chi connectivity index (χ1v) is 6.23. The molecule has 16 heavy (non-hydrogen) atoms. The number of anilines is 1. The van der Waals surface area contributed by atoms with Crippen LogP contribution in [-0.2, 0) is 0 Å². The molecule has 88 valence electrons. The minimum Gasteiger partial charge on any atom is -0.362 e. The number of nitrogens with one attached hydrogen (secondary N) is 2. The molecule has 0 spiro atoms. The first kappa shape index (κ1) is 13.3. The van der Waals surface area contributed by atoms with E-state index < -0.39 is 0 Å². The Kier molecular flexibility index (Phi) is 5.56. The lowest BCUT2D eigenvalue weighted by atomic mass is 10.2. The monoisotopic (exact) mass is 256 g/mol. The van der Waals surface area contributed by atoms with E-state index in [0.29, 0.717) is 10.1 Å². The molecule has 0 saturated carbocycles. The zero-order valence-electron chi connectivity index (χ0n) is 9.64. The Morgan fingerprint density at radius 1 is 1.44 bits per heavy atom. The van der Waals surface area contributed by atoms with Gasteiger partial charge in [0.15, 0.2) is 5.11 Å². The quantitative estimate of drug-likeness (QED) is 0.634. The average Bonchev–Trinajstić information content (AvgIpc) is 2.23. The summed E-state index contributed by atoms with van der Waals surface area (Å²) in [5, 5.41) is 7.54. The lowest BCUT2D eigenvalue weighted by Crippen LogP contribution is -2.29. The molecule has 1 aromatic carbocycles. The fourth-order valence-corrected chi connectivity index (χ4v) is 1.76. The van der Waals surface area contributed by atoms with Crippen molar-refractivity contribution in [2.45, 2.75) is 26.7 Å². The van der Waals surface area contributed by atoms with Crippen LogP contribution in [0.4, 0.5) is 5.69 Å². The lowest BCUT2D eigenvalue weighted by Gasteiger charge is -2.11. The fraction of sp³-hybridized carbons (Fsp3) is 0.417. The molecule has 0 amide bonds. The van der Waals surface area contributed by atoms with Crippen LogP contribution in [0.2, 0.25) is 5.02 Å². The van der Waals surface area contributed by atoms with E-state index in [9.17, 15) is 0 Å². The van der Waals surface area contributed by atoms with Gasteiger partial charge in [-0.25, -0.2) is 0 Å². The predicted molar refractivity (Wildman–Crippen MR) is 75.3 cm³/mol. The van der Waals surface area contributed by atoms with E-state index >= 15 is 0 Å². The lowest BCUT2D eigenvalue weighted by molar-refractivity contribution is 0.758. The summed E-state index contributed by atoms with van der Waals surface area (Å²) in [6, 6.07) is 5.85. The maximum Gasteiger partial charge on any atom is 0.170 e. The van der Waals surface area contributed by atoms with Crippen molar-refractivity contribution in [2.24, 2.45) is 0 Å². The van der Waals surface area contributed by atoms with E-state index in [0.717, 1.165) is 30.6 Å². The second kappa shape index (κ2) is 6.71. The summed E-state index contributed by atoms with van der Waals surface area (Å²) in [5.41, 5.74) is 1.99. The molecule has 2 nitrogen and oxygen atoms in total. The molecule has 0 aliphatic carbocycles. The van der Waals surface area contributed by atoms with Crippen molar-refractivity contribution in [3.05, 3.63) is 28.8 Å². The maximum absolute atomic E-state index is 6.09. The highest BCUT2D eigenvalue weighted by molar-refractivity contribution is 7.80. The first-order chi connectivity index (χ1) is 7.63. The van der Waals surface area contributed by atoms with Crippen molar-refractivity contribution in [2.75, 3.05) is 11.9 Å². The second-order valence-corrected chi connectivity index (χ2v) is 4.53. The van der Waals surface area contributed by atoms with Gasteiger partial charge in [0.1, 0.15) is 0 Å². The summed E-state index contributed by atoms with van der Waals surface area (Å²) >= 11 is 11.2. The Labute approximate surface area is 107 Å². The number of thiocarbonyl (C=S) groups is 1. The fourth-order valence-electron chi connectivity index (χ4n) is 1.27. The van der Waals surface area contributed by atoms with Gasteiger partial charge in [0, 0.05) is 6.54 Å². The normalized spacial score (nSPS) is 9.94. The first-order valence-electron chi connectivity index (χ1n) is 5.44. The highest BCUT2D eigenvalue weighted by Gasteiger charge is 2.01. The Hall–Kier alpha value is -0.800. The molecule has 0 aromatic heterocycles. The van der Waals surface area contributed by atoms with Crippen molar-refractivity contribution in [3.8, 4) is 0 Å². The molecule has 0 aliphatic heterocycles. The van der Waals surface area contributed by atoms with Gasteiger partial charge >= 0.3 is 0 Å². The molecular formula is C12H17ClN2S. The van der Waals surface area contributed by atoms with Gasteiger partial charge in [-0.2, -0.15) is 0 Å². The highest BCUT2D eigenvalue weighted by Crippen LogP contribution is 2.22. The van der Waals surface area contributed by atoms with E-state index in [4.69, 9.17) is 23.8 Å². The number of hydrogen-bond donors (Lipinski definition) is 2. The van der Waals surface area contributed by atoms with Crippen molar-refractivity contribution in [3.63, 3.8) is 0 Å². The molecule has 1 aromatic rings. The van der Waals surface area contributed by atoms with Crippen LogP contribution in [0, 0.1) is 6.92 Å². The molecule has 4 heteroatoms. The summed E-state index contributed by atoms with van der Waals surface area (Å²) in [6.45, 7) is 5.05. The van der Waals surface area contributed by atoms with E-state index in [1.54, 1.807) is 0 Å². The number of unbranched alkanes of at least 4 members (excludes halogenated alkanes) is 1. The summed E-state index contributed by atoms with van der Waals surface area (Å²) < 4.78 is 0. The summed E-state index contributed by atoms with van der Waals surface area (Å²) in [7, 11) is 0. The van der Waals surface area contributed by atoms with Crippen molar-refractivity contribution in [1.82, 2.24) is 5.32 Å². The minimum atomic E-state index is 0.624. The molecular weight excluding hydrogens is 240 g/mol. The molecule has 0 unspecified atom stereocenters. The van der Waals surface area contributed by atoms with Gasteiger partial charge in [0.05, 0.1) is 10.7 Å². The highest BCUT2D eigenvalue weighted by atomic mass is 35.5. The van der Waals surface area contributed by atoms with Crippen LogP contribution in [-0.4, -0.2) is 11.7 Å². The molecule has 0 atom stereocenters. The summed E-state index contributed by atoms with van der Waals surface area (Å²) in [5.74, 6) is 0. The van der Waals surface area contributed by atoms with E-state index in [-0.39, 0.29) is 0 Å². The smallest absolute Gasteiger partial charge is 0.170 e. The summed E-state index contributed by atoms with van der Waals surface area (Å²) in [4.78, 5) is 0. The Morgan fingerprint density at radius 2 is 2.19 bits per heavy atom. The van der Waals surface area contributed by atoms with Gasteiger partial charge in [0.2, 0.25) is 0 Å². The predicted octanol–water partition coefficient (Wildman–Crippen LogP) is 3.73. The zero-order valence-corrected chi connectivity index (χ0v) is 11.2. The molecule has 0 aliphatic rings. The number of rotatable bonds is 4. The average molecular weight is 257 g/mol. The Bertz CT molecular complexity index is 366. The molecule has 0 heterocycles. The standard InChI is InChI=1S/C12H17ClN2S/c1-3-4-7-14-12(16)15-11-6-5-9(2)8-10(11)13/h5-6,8H,3-4,7H2,1-2H3,(H2,14,15,16). The van der Waals surface area contributed by atoms with Crippen LogP contribution >= 0.6 is 23.8 Å². The van der Waals surface area contributed by atoms with Gasteiger partial charge in [-0.15, -0.1) is 0 Å². The molecule has 0 fully saturated rings. The van der Waals surface area contributed by atoms with Crippen LogP contribution in [0.15, 0.2) is 18.2 Å². The van der Waals surface area contributed by atoms with Gasteiger partial charge in [-0.05, 0) is 43.3 Å². The molecule has 2 N–H and O–H groups in total.